The molecule has 2 heterocycles. The normalized spacial score (nSPS) is 13.3. The van der Waals surface area contributed by atoms with Crippen molar-refractivity contribution in [1.82, 2.24) is 10.0 Å². The number of carbonyl (C=O) groups is 2. The third-order valence-electron chi connectivity index (χ3n) is 5.96. The Bertz CT molecular complexity index is 1380. The summed E-state index contributed by atoms with van der Waals surface area (Å²) >= 11 is 0. The molecule has 38 heavy (non-hydrogen) atoms. The standard InChI is InChI=1S/C30H26N2O6/c1-35-20-28(38-32-29(33)23-14-8-9-15-24(23)30(32)34)25-16-26(36-18-21-10-4-2-5-11-21)27(17-31-25)37-19-22-12-6-3-7-13-22/h2-17,28H,18-20H2,1H3. The molecule has 8 nitrogen and oxygen atoms in total. The molecule has 1 atom stereocenters. The lowest BCUT2D eigenvalue weighted by atomic mass is 10.1. The van der Waals surface area contributed by atoms with E-state index in [1.807, 2.05) is 60.7 Å². The number of pyridine rings is 1. The van der Waals surface area contributed by atoms with Crippen LogP contribution in [0.5, 0.6) is 11.5 Å². The summed E-state index contributed by atoms with van der Waals surface area (Å²) in [5, 5.41) is 0.764. The van der Waals surface area contributed by atoms with Crippen LogP contribution in [0.3, 0.4) is 0 Å². The monoisotopic (exact) mass is 510 g/mol. The van der Waals surface area contributed by atoms with E-state index < -0.39 is 17.9 Å². The first-order valence-corrected chi connectivity index (χ1v) is 12.1. The van der Waals surface area contributed by atoms with Crippen molar-refractivity contribution in [1.29, 1.82) is 0 Å². The lowest BCUT2D eigenvalue weighted by Gasteiger charge is -2.22. The number of methoxy groups -OCH3 is 1. The number of hydroxylamine groups is 2. The maximum Gasteiger partial charge on any atom is 0.285 e. The van der Waals surface area contributed by atoms with E-state index in [-0.39, 0.29) is 17.7 Å². The molecule has 1 aromatic heterocycles. The lowest BCUT2D eigenvalue weighted by molar-refractivity contribution is -0.151. The molecule has 0 fully saturated rings. The van der Waals surface area contributed by atoms with Gasteiger partial charge in [0, 0.05) is 13.2 Å². The van der Waals surface area contributed by atoms with E-state index in [1.165, 1.54) is 7.11 Å². The molecule has 5 rings (SSSR count). The first-order chi connectivity index (χ1) is 18.6. The number of fused-ring (bicyclic) bond motifs is 1. The van der Waals surface area contributed by atoms with Crippen LogP contribution in [-0.4, -0.2) is 35.6 Å². The topological polar surface area (TPSA) is 87.2 Å². The maximum absolute atomic E-state index is 12.9. The number of imide groups is 1. The Hall–Kier alpha value is -4.53. The Morgan fingerprint density at radius 2 is 1.26 bits per heavy atom. The second-order valence-corrected chi connectivity index (χ2v) is 8.60. The predicted molar refractivity (Wildman–Crippen MR) is 138 cm³/mol. The number of amides is 2. The quantitative estimate of drug-likeness (QED) is 0.258. The highest BCUT2D eigenvalue weighted by Crippen LogP contribution is 2.33. The molecule has 0 N–H and O–H groups in total. The van der Waals surface area contributed by atoms with Crippen LogP contribution in [-0.2, 0) is 22.8 Å². The molecule has 1 aliphatic rings. The van der Waals surface area contributed by atoms with Crippen LogP contribution in [0, 0.1) is 0 Å². The first kappa shape index (κ1) is 25.1. The average Bonchev–Trinajstić information content (AvgIpc) is 3.21. The van der Waals surface area contributed by atoms with Crippen LogP contribution >= 0.6 is 0 Å². The Balaban J connectivity index is 1.40. The Labute approximate surface area is 220 Å². The molecule has 1 unspecified atom stereocenters. The SMILES string of the molecule is COCC(ON1C(=O)c2ccccc2C1=O)c1cc(OCc2ccccc2)c(OCc2ccccc2)cn1. The van der Waals surface area contributed by atoms with E-state index in [9.17, 15) is 9.59 Å². The molecule has 3 aromatic carbocycles. The van der Waals surface area contributed by atoms with E-state index in [0.717, 1.165) is 16.2 Å². The summed E-state index contributed by atoms with van der Waals surface area (Å²) in [5.74, 6) is -0.169. The lowest BCUT2D eigenvalue weighted by Crippen LogP contribution is -2.33. The summed E-state index contributed by atoms with van der Waals surface area (Å²) in [6.45, 7) is 0.680. The van der Waals surface area contributed by atoms with E-state index in [0.29, 0.717) is 30.4 Å². The molecule has 192 valence electrons. The molecule has 0 aliphatic carbocycles. The number of aromatic nitrogens is 1. The predicted octanol–water partition coefficient (Wildman–Crippen LogP) is 5.15. The van der Waals surface area contributed by atoms with Crippen LogP contribution in [0.1, 0.15) is 43.6 Å². The molecule has 0 saturated heterocycles. The molecule has 1 aliphatic heterocycles. The van der Waals surface area contributed by atoms with E-state index in [1.54, 1.807) is 36.5 Å². The molecule has 2 amide bonds. The van der Waals surface area contributed by atoms with Crippen LogP contribution in [0.2, 0.25) is 0 Å². The van der Waals surface area contributed by atoms with Gasteiger partial charge < -0.3 is 14.2 Å². The van der Waals surface area contributed by atoms with Gasteiger partial charge in [-0.1, -0.05) is 72.8 Å². The summed E-state index contributed by atoms with van der Waals surface area (Å²) in [5.41, 5.74) is 2.97. The Kier molecular flexibility index (Phi) is 7.73. The fraction of sp³-hybridized carbons (Fsp3) is 0.167. The van der Waals surface area contributed by atoms with Crippen LogP contribution < -0.4 is 9.47 Å². The summed E-state index contributed by atoms with van der Waals surface area (Å²) < 4.78 is 17.5. The molecular weight excluding hydrogens is 484 g/mol. The zero-order valence-corrected chi connectivity index (χ0v) is 20.8. The number of rotatable bonds is 11. The molecule has 8 heteroatoms. The summed E-state index contributed by atoms with van der Waals surface area (Å²) in [6.07, 6.45) is 0.692. The van der Waals surface area contributed by atoms with Gasteiger partial charge in [0.2, 0.25) is 0 Å². The summed E-state index contributed by atoms with van der Waals surface area (Å²) in [4.78, 5) is 36.1. The zero-order chi connectivity index (χ0) is 26.3. The molecule has 0 spiro atoms. The molecule has 0 saturated carbocycles. The minimum absolute atomic E-state index is 0.0444. The van der Waals surface area contributed by atoms with Gasteiger partial charge >= 0.3 is 0 Å². The minimum Gasteiger partial charge on any atom is -0.485 e. The molecule has 0 bridgehead atoms. The third kappa shape index (κ3) is 5.56. The number of hydrogen-bond donors (Lipinski definition) is 0. The number of hydrogen-bond acceptors (Lipinski definition) is 7. The fourth-order valence-electron chi connectivity index (χ4n) is 4.02. The van der Waals surface area contributed by atoms with Gasteiger partial charge in [0.25, 0.3) is 11.8 Å². The van der Waals surface area contributed by atoms with Crippen molar-refractivity contribution in [2.75, 3.05) is 13.7 Å². The van der Waals surface area contributed by atoms with Crippen molar-refractivity contribution in [2.45, 2.75) is 19.3 Å². The number of benzene rings is 3. The van der Waals surface area contributed by atoms with Gasteiger partial charge in [-0.3, -0.25) is 19.4 Å². The summed E-state index contributed by atoms with van der Waals surface area (Å²) in [6, 6.07) is 27.8. The van der Waals surface area contributed by atoms with Crippen molar-refractivity contribution in [3.05, 3.63) is 125 Å². The number of carbonyl (C=O) groups excluding carboxylic acids is 2. The first-order valence-electron chi connectivity index (χ1n) is 12.1. The van der Waals surface area contributed by atoms with Crippen LogP contribution in [0.15, 0.2) is 97.2 Å². The Morgan fingerprint density at radius 1 is 0.737 bits per heavy atom. The molecule has 0 radical (unpaired) electrons. The van der Waals surface area contributed by atoms with E-state index >= 15 is 0 Å². The highest BCUT2D eigenvalue weighted by Gasteiger charge is 2.38. The molecular formula is C30H26N2O6. The van der Waals surface area contributed by atoms with Gasteiger partial charge in [0.05, 0.1) is 29.6 Å². The largest absolute Gasteiger partial charge is 0.485 e. The van der Waals surface area contributed by atoms with Gasteiger partial charge in [-0.15, -0.1) is 5.06 Å². The van der Waals surface area contributed by atoms with E-state index in [4.69, 9.17) is 19.0 Å². The third-order valence-corrected chi connectivity index (χ3v) is 5.96. The van der Waals surface area contributed by atoms with Gasteiger partial charge in [-0.25, -0.2) is 0 Å². The van der Waals surface area contributed by atoms with E-state index in [2.05, 4.69) is 4.98 Å². The van der Waals surface area contributed by atoms with Gasteiger partial charge in [0.15, 0.2) is 17.6 Å². The smallest absolute Gasteiger partial charge is 0.285 e. The van der Waals surface area contributed by atoms with Gasteiger partial charge in [0.1, 0.15) is 13.2 Å². The number of ether oxygens (including phenoxy) is 3. The number of nitrogens with zero attached hydrogens (tertiary/aromatic N) is 2. The van der Waals surface area contributed by atoms with Crippen molar-refractivity contribution in [3.63, 3.8) is 0 Å². The van der Waals surface area contributed by atoms with Crippen molar-refractivity contribution in [3.8, 4) is 11.5 Å². The second-order valence-electron chi connectivity index (χ2n) is 8.60. The van der Waals surface area contributed by atoms with Crippen LogP contribution in [0.25, 0.3) is 0 Å². The van der Waals surface area contributed by atoms with Crippen molar-refractivity contribution < 1.29 is 28.6 Å². The average molecular weight is 511 g/mol. The van der Waals surface area contributed by atoms with Crippen LogP contribution in [0.4, 0.5) is 0 Å². The fourth-order valence-corrected chi connectivity index (χ4v) is 4.02. The second kappa shape index (κ2) is 11.7. The Morgan fingerprint density at radius 3 is 1.82 bits per heavy atom. The minimum atomic E-state index is -0.857. The van der Waals surface area contributed by atoms with Crippen molar-refractivity contribution >= 4 is 11.8 Å². The maximum atomic E-state index is 12.9. The highest BCUT2D eigenvalue weighted by molar-refractivity contribution is 6.20. The summed E-state index contributed by atoms with van der Waals surface area (Å²) in [7, 11) is 1.50. The van der Waals surface area contributed by atoms with Crippen molar-refractivity contribution in [2.24, 2.45) is 0 Å². The van der Waals surface area contributed by atoms with Gasteiger partial charge in [-0.2, -0.15) is 0 Å². The zero-order valence-electron chi connectivity index (χ0n) is 20.8. The molecule has 4 aromatic rings. The highest BCUT2D eigenvalue weighted by atomic mass is 16.7. The van der Waals surface area contributed by atoms with Gasteiger partial charge in [-0.05, 0) is 23.3 Å².